The Hall–Kier alpha value is -0.840. The zero-order valence-corrected chi connectivity index (χ0v) is 13.3. The molecule has 3 nitrogen and oxygen atoms in total. The molecule has 1 aromatic carbocycles. The first kappa shape index (κ1) is 14.1. The van der Waals surface area contributed by atoms with Crippen LogP contribution in [0.3, 0.4) is 0 Å². The van der Waals surface area contributed by atoms with Gasteiger partial charge < -0.3 is 14.7 Å². The van der Waals surface area contributed by atoms with Crippen molar-refractivity contribution in [3.05, 3.63) is 33.9 Å². The third-order valence-electron chi connectivity index (χ3n) is 4.39. The summed E-state index contributed by atoms with van der Waals surface area (Å²) < 4.78 is 6.73. The van der Waals surface area contributed by atoms with Gasteiger partial charge in [0, 0.05) is 34.9 Å². The van der Waals surface area contributed by atoms with Crippen molar-refractivity contribution in [1.29, 1.82) is 0 Å². The largest absolute Gasteiger partial charge is 0.493 e. The lowest BCUT2D eigenvalue weighted by Crippen LogP contribution is -3.14. The molecule has 20 heavy (non-hydrogen) atoms. The second-order valence-corrected chi connectivity index (χ2v) is 6.52. The van der Waals surface area contributed by atoms with Crippen LogP contribution in [0.2, 0.25) is 0 Å². The Balaban J connectivity index is 1.96. The van der Waals surface area contributed by atoms with Gasteiger partial charge in [0.25, 0.3) is 0 Å². The summed E-state index contributed by atoms with van der Waals surface area (Å²) in [6, 6.07) is 6.04. The first-order valence-electron chi connectivity index (χ1n) is 7.36. The smallest absolute Gasteiger partial charge is 0.137 e. The third-order valence-corrected chi connectivity index (χ3v) is 4.88. The first-order valence-corrected chi connectivity index (χ1v) is 8.15. The molecule has 3 fully saturated rings. The fourth-order valence-electron chi connectivity index (χ4n) is 3.33. The highest BCUT2D eigenvalue weighted by molar-refractivity contribution is 9.10. The van der Waals surface area contributed by atoms with E-state index in [4.69, 9.17) is 4.74 Å². The number of ether oxygens (including phenoxy) is 1. The quantitative estimate of drug-likeness (QED) is 0.882. The van der Waals surface area contributed by atoms with Crippen LogP contribution in [0.1, 0.15) is 25.3 Å². The van der Waals surface area contributed by atoms with Crippen molar-refractivity contribution in [2.45, 2.75) is 25.9 Å². The molecule has 0 unspecified atom stereocenters. The van der Waals surface area contributed by atoms with Gasteiger partial charge in [0.15, 0.2) is 0 Å². The summed E-state index contributed by atoms with van der Waals surface area (Å²) in [6.45, 7) is 4.93. The van der Waals surface area contributed by atoms with Crippen molar-refractivity contribution in [2.75, 3.05) is 19.7 Å². The fourth-order valence-corrected chi connectivity index (χ4v) is 3.71. The van der Waals surface area contributed by atoms with Crippen molar-refractivity contribution in [2.24, 2.45) is 5.92 Å². The van der Waals surface area contributed by atoms with Crippen LogP contribution in [0.4, 0.5) is 0 Å². The van der Waals surface area contributed by atoms with Crippen molar-refractivity contribution in [3.63, 3.8) is 0 Å². The molecule has 2 bridgehead atoms. The maximum Gasteiger partial charge on any atom is 0.137 e. The number of benzene rings is 1. The maximum atomic E-state index is 10.5. The van der Waals surface area contributed by atoms with Crippen LogP contribution >= 0.6 is 15.9 Å². The van der Waals surface area contributed by atoms with Crippen LogP contribution in [0.25, 0.3) is 6.08 Å². The van der Waals surface area contributed by atoms with Gasteiger partial charge in [-0.3, -0.25) is 0 Å². The standard InChI is InChI=1S/C16H20BrNO2/c1-2-20-15-4-3-13(17)9-12(15)10-14-16(19)11-5-7-18(14)8-6-11/h3-4,9-11,16,19H,2,5-8H2,1H3/p+1/b14-10-/t16-/m0/s1. The summed E-state index contributed by atoms with van der Waals surface area (Å²) in [5.41, 5.74) is 2.18. The van der Waals surface area contributed by atoms with Gasteiger partial charge in [-0.25, -0.2) is 0 Å². The molecule has 2 N–H and O–H groups in total. The van der Waals surface area contributed by atoms with E-state index in [2.05, 4.69) is 28.1 Å². The van der Waals surface area contributed by atoms with Gasteiger partial charge in [0.2, 0.25) is 0 Å². The Bertz CT molecular complexity index is 517. The van der Waals surface area contributed by atoms with E-state index in [-0.39, 0.29) is 6.10 Å². The van der Waals surface area contributed by atoms with E-state index in [1.807, 2.05) is 19.1 Å². The number of aliphatic hydroxyl groups excluding tert-OH is 1. The minimum atomic E-state index is -0.291. The summed E-state index contributed by atoms with van der Waals surface area (Å²) >= 11 is 3.51. The van der Waals surface area contributed by atoms with Crippen molar-refractivity contribution >= 4 is 22.0 Å². The van der Waals surface area contributed by atoms with E-state index in [9.17, 15) is 5.11 Å². The molecule has 4 heteroatoms. The van der Waals surface area contributed by atoms with Gasteiger partial charge in [-0.15, -0.1) is 0 Å². The number of fused-ring (bicyclic) bond motifs is 3. The average molecular weight is 339 g/mol. The predicted octanol–water partition coefficient (Wildman–Crippen LogP) is 1.86. The average Bonchev–Trinajstić information content (AvgIpc) is 2.46. The van der Waals surface area contributed by atoms with Crippen LogP contribution in [0, 0.1) is 5.92 Å². The molecular weight excluding hydrogens is 318 g/mol. The molecule has 0 radical (unpaired) electrons. The Morgan fingerprint density at radius 2 is 2.15 bits per heavy atom. The molecule has 3 aliphatic rings. The van der Waals surface area contributed by atoms with Crippen molar-refractivity contribution < 1.29 is 14.7 Å². The zero-order chi connectivity index (χ0) is 14.1. The molecule has 3 heterocycles. The summed E-state index contributed by atoms with van der Waals surface area (Å²) in [5.74, 6) is 1.33. The molecule has 3 aliphatic heterocycles. The van der Waals surface area contributed by atoms with Gasteiger partial charge >= 0.3 is 0 Å². The van der Waals surface area contributed by atoms with Crippen LogP contribution in [0.15, 0.2) is 28.4 Å². The molecule has 3 saturated heterocycles. The highest BCUT2D eigenvalue weighted by atomic mass is 79.9. The second kappa shape index (κ2) is 5.88. The lowest BCUT2D eigenvalue weighted by Gasteiger charge is -2.41. The monoisotopic (exact) mass is 338 g/mol. The zero-order valence-electron chi connectivity index (χ0n) is 11.7. The molecule has 0 amide bonds. The number of aliphatic hydroxyl groups is 1. The minimum Gasteiger partial charge on any atom is -0.493 e. The molecular formula is C16H21BrNO2+. The molecule has 108 valence electrons. The lowest BCUT2D eigenvalue weighted by molar-refractivity contribution is -0.880. The highest BCUT2D eigenvalue weighted by Gasteiger charge is 2.41. The van der Waals surface area contributed by atoms with Gasteiger partial charge in [0.1, 0.15) is 17.6 Å². The normalized spacial score (nSPS) is 30.8. The van der Waals surface area contributed by atoms with Gasteiger partial charge in [-0.05, 0) is 25.1 Å². The molecule has 0 spiro atoms. The summed E-state index contributed by atoms with van der Waals surface area (Å²) in [6.07, 6.45) is 4.12. The predicted molar refractivity (Wildman–Crippen MR) is 82.7 cm³/mol. The summed E-state index contributed by atoms with van der Waals surface area (Å²) in [7, 11) is 0. The Morgan fingerprint density at radius 3 is 2.80 bits per heavy atom. The Labute approximate surface area is 128 Å². The molecule has 0 aliphatic carbocycles. The van der Waals surface area contributed by atoms with Crippen molar-refractivity contribution in [3.8, 4) is 5.75 Å². The Kier molecular flexibility index (Phi) is 4.15. The summed E-state index contributed by atoms with van der Waals surface area (Å²) in [4.78, 5) is 1.43. The molecule has 1 atom stereocenters. The van der Waals surface area contributed by atoms with Crippen LogP contribution < -0.4 is 9.64 Å². The van der Waals surface area contributed by atoms with Crippen LogP contribution in [-0.2, 0) is 0 Å². The molecule has 0 saturated carbocycles. The number of quaternary nitrogens is 1. The summed E-state index contributed by atoms with van der Waals surface area (Å²) in [5, 5.41) is 10.5. The molecule has 0 aromatic heterocycles. The second-order valence-electron chi connectivity index (χ2n) is 5.60. The van der Waals surface area contributed by atoms with E-state index in [1.54, 1.807) is 0 Å². The number of hydrogen-bond donors (Lipinski definition) is 2. The van der Waals surface area contributed by atoms with E-state index in [1.165, 1.54) is 4.90 Å². The number of nitrogens with one attached hydrogen (secondary N) is 1. The van der Waals surface area contributed by atoms with E-state index < -0.39 is 0 Å². The highest BCUT2D eigenvalue weighted by Crippen LogP contribution is 2.29. The molecule has 4 rings (SSSR count). The number of rotatable bonds is 3. The van der Waals surface area contributed by atoms with Gasteiger partial charge in [0.05, 0.1) is 19.7 Å². The van der Waals surface area contributed by atoms with Crippen LogP contribution in [-0.4, -0.2) is 30.9 Å². The lowest BCUT2D eigenvalue weighted by atomic mass is 9.83. The van der Waals surface area contributed by atoms with Gasteiger partial charge in [-0.1, -0.05) is 15.9 Å². The minimum absolute atomic E-state index is 0.291. The Morgan fingerprint density at radius 1 is 1.40 bits per heavy atom. The van der Waals surface area contributed by atoms with E-state index >= 15 is 0 Å². The molecule has 1 aromatic rings. The SMILES string of the molecule is CCOc1ccc(Br)cc1/C=C1/[C@@H](O)C2CC[NH+]1CC2. The third kappa shape index (κ3) is 2.65. The van der Waals surface area contributed by atoms with E-state index in [0.717, 1.165) is 47.4 Å². The number of hydrogen-bond acceptors (Lipinski definition) is 2. The van der Waals surface area contributed by atoms with Crippen LogP contribution in [0.5, 0.6) is 5.75 Å². The van der Waals surface area contributed by atoms with Gasteiger partial charge in [-0.2, -0.15) is 0 Å². The maximum absolute atomic E-state index is 10.5. The van der Waals surface area contributed by atoms with Crippen molar-refractivity contribution in [1.82, 2.24) is 0 Å². The topological polar surface area (TPSA) is 33.9 Å². The number of halogens is 1. The fraction of sp³-hybridized carbons (Fsp3) is 0.500. The van der Waals surface area contributed by atoms with E-state index in [0.29, 0.717) is 12.5 Å². The number of piperidine rings is 3. The first-order chi connectivity index (χ1) is 9.69.